The topological polar surface area (TPSA) is 72.2 Å². The maximum absolute atomic E-state index is 12.9. The van der Waals surface area contributed by atoms with Gasteiger partial charge in [-0.05, 0) is 24.1 Å². The Bertz CT molecular complexity index is 429. The summed E-state index contributed by atoms with van der Waals surface area (Å²) in [6.07, 6.45) is 0.526. The molecule has 0 unspecified atom stereocenters. The Morgan fingerprint density at radius 2 is 1.78 bits per heavy atom. The summed E-state index contributed by atoms with van der Waals surface area (Å²) < 4.78 is 25.7. The molecule has 6 heteroatoms. The molecule has 4 nitrogen and oxygen atoms in total. The summed E-state index contributed by atoms with van der Waals surface area (Å²) in [4.78, 5) is 21.8. The number of rotatable bonds is 6. The molecule has 18 heavy (non-hydrogen) atoms. The molecule has 1 aromatic carbocycles. The van der Waals surface area contributed by atoms with Crippen LogP contribution in [0.1, 0.15) is 18.4 Å². The van der Waals surface area contributed by atoms with Crippen LogP contribution in [0.25, 0.3) is 0 Å². The highest BCUT2D eigenvalue weighted by atomic mass is 19.1. The second-order valence-corrected chi connectivity index (χ2v) is 3.87. The first-order chi connectivity index (χ1) is 8.47. The van der Waals surface area contributed by atoms with Crippen LogP contribution >= 0.6 is 0 Å². The molecule has 0 aliphatic rings. The van der Waals surface area contributed by atoms with Crippen LogP contribution in [0.4, 0.5) is 8.78 Å². The highest BCUT2D eigenvalue weighted by Crippen LogP contribution is 2.08. The summed E-state index contributed by atoms with van der Waals surface area (Å²) in [5, 5.41) is 2.53. The van der Waals surface area contributed by atoms with Crippen molar-refractivity contribution in [3.05, 3.63) is 35.4 Å². The quantitative estimate of drug-likeness (QED) is 0.742. The number of nitrogens with two attached hydrogens (primary N) is 1. The third-order valence-corrected chi connectivity index (χ3v) is 2.21. The van der Waals surface area contributed by atoms with E-state index in [9.17, 15) is 18.4 Å². The van der Waals surface area contributed by atoms with E-state index in [0.29, 0.717) is 13.0 Å². The Labute approximate surface area is 103 Å². The van der Waals surface area contributed by atoms with Gasteiger partial charge in [-0.25, -0.2) is 8.78 Å². The summed E-state index contributed by atoms with van der Waals surface area (Å²) in [5.74, 6) is -2.22. The lowest BCUT2D eigenvalue weighted by Crippen LogP contribution is -2.27. The number of halogens is 2. The minimum atomic E-state index is -0.716. The predicted octanol–water partition coefficient (Wildman–Crippen LogP) is 0.889. The van der Waals surface area contributed by atoms with E-state index in [1.165, 1.54) is 0 Å². The molecular formula is C12H14F2N2O2. The second kappa shape index (κ2) is 6.68. The number of hydrogen-bond donors (Lipinski definition) is 2. The Hall–Kier alpha value is -1.98. The van der Waals surface area contributed by atoms with Crippen LogP contribution in [-0.4, -0.2) is 18.4 Å². The van der Waals surface area contributed by atoms with Crippen molar-refractivity contribution in [1.29, 1.82) is 0 Å². The zero-order chi connectivity index (χ0) is 13.5. The average molecular weight is 256 g/mol. The summed E-state index contributed by atoms with van der Waals surface area (Å²) in [7, 11) is 0. The lowest BCUT2D eigenvalue weighted by Gasteiger charge is -2.05. The second-order valence-electron chi connectivity index (χ2n) is 3.87. The van der Waals surface area contributed by atoms with E-state index in [1.54, 1.807) is 0 Å². The molecule has 0 bridgehead atoms. The smallest absolute Gasteiger partial charge is 0.224 e. The monoisotopic (exact) mass is 256 g/mol. The van der Waals surface area contributed by atoms with Crippen LogP contribution in [0.15, 0.2) is 18.2 Å². The molecule has 1 aromatic rings. The number of benzene rings is 1. The van der Waals surface area contributed by atoms with E-state index in [0.717, 1.165) is 18.2 Å². The van der Waals surface area contributed by atoms with Crippen LogP contribution in [0.3, 0.4) is 0 Å². The Kier molecular flexibility index (Phi) is 5.23. The maximum Gasteiger partial charge on any atom is 0.224 e. The molecule has 98 valence electrons. The van der Waals surface area contributed by atoms with Gasteiger partial charge in [-0.2, -0.15) is 0 Å². The molecule has 0 radical (unpaired) electrons. The summed E-state index contributed by atoms with van der Waals surface area (Å²) >= 11 is 0. The van der Waals surface area contributed by atoms with Gasteiger partial charge in [0.05, 0.1) is 6.42 Å². The van der Waals surface area contributed by atoms with Crippen molar-refractivity contribution in [2.24, 2.45) is 5.73 Å². The minimum Gasteiger partial charge on any atom is -0.370 e. The highest BCUT2D eigenvalue weighted by molar-refractivity contribution is 5.78. The van der Waals surface area contributed by atoms with Gasteiger partial charge in [0.1, 0.15) is 11.6 Å². The third-order valence-electron chi connectivity index (χ3n) is 2.21. The average Bonchev–Trinajstić information content (AvgIpc) is 2.22. The number of hydrogen-bond acceptors (Lipinski definition) is 2. The summed E-state index contributed by atoms with van der Waals surface area (Å²) in [6.45, 7) is 0.305. The van der Waals surface area contributed by atoms with Crippen molar-refractivity contribution in [2.45, 2.75) is 19.3 Å². The first-order valence-electron chi connectivity index (χ1n) is 5.47. The van der Waals surface area contributed by atoms with E-state index < -0.39 is 17.5 Å². The zero-order valence-corrected chi connectivity index (χ0v) is 9.71. The fourth-order valence-electron chi connectivity index (χ4n) is 1.45. The van der Waals surface area contributed by atoms with Crippen LogP contribution in [-0.2, 0) is 16.0 Å². The van der Waals surface area contributed by atoms with E-state index in [4.69, 9.17) is 5.73 Å². The van der Waals surface area contributed by atoms with Crippen molar-refractivity contribution in [3.8, 4) is 0 Å². The SMILES string of the molecule is NC(=O)CCCNC(=O)Cc1cc(F)cc(F)c1. The molecule has 1 rings (SSSR count). The molecule has 0 aliphatic heterocycles. The van der Waals surface area contributed by atoms with Gasteiger partial charge >= 0.3 is 0 Å². The highest BCUT2D eigenvalue weighted by Gasteiger charge is 2.06. The van der Waals surface area contributed by atoms with E-state index >= 15 is 0 Å². The standard InChI is InChI=1S/C12H14F2N2O2/c13-9-4-8(5-10(14)7-9)6-12(18)16-3-1-2-11(15)17/h4-5,7H,1-3,6H2,(H2,15,17)(H,16,18). The predicted molar refractivity (Wildman–Crippen MR) is 61.5 cm³/mol. The Morgan fingerprint density at radius 3 is 2.33 bits per heavy atom. The fourth-order valence-corrected chi connectivity index (χ4v) is 1.45. The number of primary amides is 1. The van der Waals surface area contributed by atoms with Crippen LogP contribution in [0.2, 0.25) is 0 Å². The van der Waals surface area contributed by atoms with Crippen molar-refractivity contribution in [1.82, 2.24) is 5.32 Å². The summed E-state index contributed by atoms with van der Waals surface area (Å²) in [6, 6.07) is 2.95. The lowest BCUT2D eigenvalue weighted by atomic mass is 10.1. The molecule has 0 saturated heterocycles. The first kappa shape index (κ1) is 14.1. The molecule has 3 N–H and O–H groups in total. The van der Waals surface area contributed by atoms with Crippen molar-refractivity contribution < 1.29 is 18.4 Å². The molecule has 0 fully saturated rings. The van der Waals surface area contributed by atoms with Gasteiger partial charge in [0.25, 0.3) is 0 Å². The molecule has 0 aliphatic carbocycles. The molecular weight excluding hydrogens is 242 g/mol. The molecule has 0 atom stereocenters. The number of amides is 2. The van der Waals surface area contributed by atoms with Crippen LogP contribution in [0, 0.1) is 11.6 Å². The van der Waals surface area contributed by atoms with Gasteiger partial charge in [-0.15, -0.1) is 0 Å². The normalized spacial score (nSPS) is 10.1. The molecule has 0 aromatic heterocycles. The fraction of sp³-hybridized carbons (Fsp3) is 0.333. The van der Waals surface area contributed by atoms with Gasteiger partial charge in [-0.1, -0.05) is 0 Å². The Morgan fingerprint density at radius 1 is 1.17 bits per heavy atom. The molecule has 0 saturated carbocycles. The lowest BCUT2D eigenvalue weighted by molar-refractivity contribution is -0.121. The van der Waals surface area contributed by atoms with E-state index in [2.05, 4.69) is 5.32 Å². The van der Waals surface area contributed by atoms with Gasteiger partial charge < -0.3 is 11.1 Å². The number of nitrogens with one attached hydrogen (secondary N) is 1. The van der Waals surface area contributed by atoms with E-state index in [1.807, 2.05) is 0 Å². The van der Waals surface area contributed by atoms with Crippen molar-refractivity contribution in [3.63, 3.8) is 0 Å². The number of carbonyl (C=O) groups is 2. The zero-order valence-electron chi connectivity index (χ0n) is 9.71. The maximum atomic E-state index is 12.9. The van der Waals surface area contributed by atoms with Crippen molar-refractivity contribution in [2.75, 3.05) is 6.54 Å². The molecule has 0 spiro atoms. The van der Waals surface area contributed by atoms with E-state index in [-0.39, 0.29) is 24.3 Å². The van der Waals surface area contributed by atoms with Crippen molar-refractivity contribution >= 4 is 11.8 Å². The van der Waals surface area contributed by atoms with Gasteiger partial charge in [0.2, 0.25) is 11.8 Å². The minimum absolute atomic E-state index is 0.106. The Balaban J connectivity index is 2.37. The van der Waals surface area contributed by atoms with Gasteiger partial charge in [-0.3, -0.25) is 9.59 Å². The van der Waals surface area contributed by atoms with Crippen LogP contribution < -0.4 is 11.1 Å². The molecule has 0 heterocycles. The summed E-state index contributed by atoms with van der Waals surface area (Å²) in [5.41, 5.74) is 5.20. The molecule has 2 amide bonds. The first-order valence-corrected chi connectivity index (χ1v) is 5.47. The third kappa shape index (κ3) is 5.38. The largest absolute Gasteiger partial charge is 0.370 e. The van der Waals surface area contributed by atoms with Crippen LogP contribution in [0.5, 0.6) is 0 Å². The van der Waals surface area contributed by atoms with Gasteiger partial charge in [0.15, 0.2) is 0 Å². The van der Waals surface area contributed by atoms with Gasteiger partial charge in [0, 0.05) is 19.0 Å². The number of carbonyl (C=O) groups excluding carboxylic acids is 2.